The van der Waals surface area contributed by atoms with Gasteiger partial charge in [0, 0.05) is 22.7 Å². The summed E-state index contributed by atoms with van der Waals surface area (Å²) in [5.74, 6) is 2.36. The molecule has 0 N–H and O–H groups in total. The summed E-state index contributed by atoms with van der Waals surface area (Å²) < 4.78 is 22.2. The van der Waals surface area contributed by atoms with Crippen molar-refractivity contribution in [2.75, 3.05) is 14.2 Å². The molecule has 1 aliphatic heterocycles. The second-order valence-corrected chi connectivity index (χ2v) is 7.06. The Balaban J connectivity index is 1.53. The molecule has 0 aliphatic carbocycles. The maximum atomic E-state index is 12.7. The highest BCUT2D eigenvalue weighted by molar-refractivity contribution is 6.30. The summed E-state index contributed by atoms with van der Waals surface area (Å²) in [5, 5.41) is 0.677. The van der Waals surface area contributed by atoms with Gasteiger partial charge in [0.1, 0.15) is 29.6 Å². The number of hydrogen-bond donors (Lipinski definition) is 0. The van der Waals surface area contributed by atoms with E-state index in [1.54, 1.807) is 50.6 Å². The Labute approximate surface area is 179 Å². The minimum Gasteiger partial charge on any atom is -0.497 e. The zero-order valence-corrected chi connectivity index (χ0v) is 17.2. The molecule has 1 aliphatic rings. The number of methoxy groups -OCH3 is 2. The third kappa shape index (κ3) is 4.11. The van der Waals surface area contributed by atoms with Crippen LogP contribution in [0.25, 0.3) is 6.08 Å². The van der Waals surface area contributed by atoms with Crippen molar-refractivity contribution in [2.24, 2.45) is 0 Å². The largest absolute Gasteiger partial charge is 0.497 e. The van der Waals surface area contributed by atoms with Crippen LogP contribution in [0.3, 0.4) is 0 Å². The Kier molecular flexibility index (Phi) is 5.63. The van der Waals surface area contributed by atoms with Crippen LogP contribution in [0.4, 0.5) is 0 Å². The number of fused-ring (bicyclic) bond motifs is 1. The molecule has 0 bridgehead atoms. The molecule has 0 amide bonds. The Hall–Kier alpha value is -3.44. The highest BCUT2D eigenvalue weighted by Gasteiger charge is 2.28. The molecule has 30 heavy (non-hydrogen) atoms. The third-order valence-corrected chi connectivity index (χ3v) is 4.94. The van der Waals surface area contributed by atoms with Crippen LogP contribution in [0.15, 0.2) is 66.4 Å². The van der Waals surface area contributed by atoms with E-state index in [0.29, 0.717) is 45.8 Å². The van der Waals surface area contributed by atoms with Gasteiger partial charge in [-0.15, -0.1) is 0 Å². The summed E-state index contributed by atoms with van der Waals surface area (Å²) in [7, 11) is 3.15. The number of rotatable bonds is 6. The lowest BCUT2D eigenvalue weighted by atomic mass is 10.1. The first-order valence-electron chi connectivity index (χ1n) is 9.25. The molecule has 0 fully saturated rings. The summed E-state index contributed by atoms with van der Waals surface area (Å²) in [5.41, 5.74) is 2.20. The van der Waals surface area contributed by atoms with E-state index in [0.717, 1.165) is 5.56 Å². The molecule has 0 unspecified atom stereocenters. The van der Waals surface area contributed by atoms with Crippen molar-refractivity contribution < 1.29 is 23.7 Å². The van der Waals surface area contributed by atoms with E-state index in [2.05, 4.69) is 0 Å². The van der Waals surface area contributed by atoms with Crippen LogP contribution in [0.5, 0.6) is 23.0 Å². The maximum Gasteiger partial charge on any atom is 0.231 e. The van der Waals surface area contributed by atoms with Gasteiger partial charge in [0.05, 0.1) is 19.8 Å². The van der Waals surface area contributed by atoms with E-state index < -0.39 is 0 Å². The van der Waals surface area contributed by atoms with Crippen LogP contribution in [-0.2, 0) is 6.61 Å². The molecule has 0 aromatic heterocycles. The molecule has 1 heterocycles. The van der Waals surface area contributed by atoms with Crippen molar-refractivity contribution in [3.63, 3.8) is 0 Å². The maximum absolute atomic E-state index is 12.7. The summed E-state index contributed by atoms with van der Waals surface area (Å²) >= 11 is 5.90. The molecule has 5 nitrogen and oxygen atoms in total. The average Bonchev–Trinajstić information content (AvgIpc) is 3.08. The monoisotopic (exact) mass is 422 g/mol. The lowest BCUT2D eigenvalue weighted by Gasteiger charge is -2.08. The molecule has 0 atom stereocenters. The third-order valence-electron chi connectivity index (χ3n) is 4.69. The van der Waals surface area contributed by atoms with Crippen molar-refractivity contribution >= 4 is 23.5 Å². The normalized spacial score (nSPS) is 13.7. The number of Topliss-reactive ketones (excluding diaryl/α,β-unsaturated/α-hetero) is 1. The van der Waals surface area contributed by atoms with E-state index >= 15 is 0 Å². The minimum atomic E-state index is -0.188. The van der Waals surface area contributed by atoms with Gasteiger partial charge in [0.2, 0.25) is 5.78 Å². The quantitative estimate of drug-likeness (QED) is 0.487. The fraction of sp³-hybridized carbons (Fsp3) is 0.125. The standard InChI is InChI=1S/C24H19ClO5/c1-27-18-8-5-16(21(12-18)28-2)11-23-24(26)20-10-9-19(13-22(20)30-23)29-14-15-3-6-17(25)7-4-15/h3-13H,14H2,1-2H3. The zero-order chi connectivity index (χ0) is 21.1. The van der Waals surface area contributed by atoms with Gasteiger partial charge in [-0.2, -0.15) is 0 Å². The molecular weight excluding hydrogens is 404 g/mol. The van der Waals surface area contributed by atoms with Crippen molar-refractivity contribution in [1.29, 1.82) is 0 Å². The smallest absolute Gasteiger partial charge is 0.231 e. The molecule has 6 heteroatoms. The number of allylic oxidation sites excluding steroid dienone is 1. The van der Waals surface area contributed by atoms with Crippen LogP contribution in [0.1, 0.15) is 21.5 Å². The summed E-state index contributed by atoms with van der Waals surface area (Å²) in [6.07, 6.45) is 1.66. The van der Waals surface area contributed by atoms with Crippen LogP contribution >= 0.6 is 11.6 Å². The van der Waals surface area contributed by atoms with Crippen LogP contribution < -0.4 is 18.9 Å². The van der Waals surface area contributed by atoms with Crippen molar-refractivity contribution in [2.45, 2.75) is 6.61 Å². The number of hydrogen-bond acceptors (Lipinski definition) is 5. The van der Waals surface area contributed by atoms with Gasteiger partial charge in [-0.1, -0.05) is 23.7 Å². The molecule has 0 saturated carbocycles. The van der Waals surface area contributed by atoms with Crippen molar-refractivity contribution in [3.05, 3.63) is 88.1 Å². The van der Waals surface area contributed by atoms with Gasteiger partial charge >= 0.3 is 0 Å². The van der Waals surface area contributed by atoms with Crippen LogP contribution in [-0.4, -0.2) is 20.0 Å². The number of benzene rings is 3. The summed E-state index contributed by atoms with van der Waals surface area (Å²) in [4.78, 5) is 12.7. The number of carbonyl (C=O) groups excluding carboxylic acids is 1. The topological polar surface area (TPSA) is 54.0 Å². The van der Waals surface area contributed by atoms with Gasteiger partial charge in [-0.05, 0) is 48.0 Å². The van der Waals surface area contributed by atoms with E-state index in [9.17, 15) is 4.79 Å². The molecule has 3 aromatic rings. The highest BCUT2D eigenvalue weighted by Crippen LogP contribution is 2.36. The number of carbonyl (C=O) groups is 1. The minimum absolute atomic E-state index is 0.188. The van der Waals surface area contributed by atoms with Gasteiger partial charge in [-0.25, -0.2) is 0 Å². The Morgan fingerprint density at radius 1 is 0.933 bits per heavy atom. The average molecular weight is 423 g/mol. The first-order chi connectivity index (χ1) is 14.6. The van der Waals surface area contributed by atoms with E-state index in [-0.39, 0.29) is 11.5 Å². The molecule has 4 rings (SSSR count). The lowest BCUT2D eigenvalue weighted by Crippen LogP contribution is -1.99. The molecule has 0 spiro atoms. The Morgan fingerprint density at radius 3 is 2.43 bits per heavy atom. The number of halogens is 1. The number of ether oxygens (including phenoxy) is 4. The zero-order valence-electron chi connectivity index (χ0n) is 16.5. The fourth-order valence-electron chi connectivity index (χ4n) is 3.08. The second-order valence-electron chi connectivity index (χ2n) is 6.62. The first kappa shape index (κ1) is 19.9. The Morgan fingerprint density at radius 2 is 1.70 bits per heavy atom. The summed E-state index contributed by atoms with van der Waals surface area (Å²) in [6, 6.07) is 18.0. The van der Waals surface area contributed by atoms with Crippen molar-refractivity contribution in [1.82, 2.24) is 0 Å². The summed E-state index contributed by atoms with van der Waals surface area (Å²) in [6.45, 7) is 0.385. The lowest BCUT2D eigenvalue weighted by molar-refractivity contribution is 0.101. The van der Waals surface area contributed by atoms with Gasteiger partial charge in [-0.3, -0.25) is 4.79 Å². The van der Waals surface area contributed by atoms with Crippen LogP contribution in [0.2, 0.25) is 5.02 Å². The van der Waals surface area contributed by atoms with Crippen molar-refractivity contribution in [3.8, 4) is 23.0 Å². The molecular formula is C24H19ClO5. The molecule has 0 radical (unpaired) electrons. The van der Waals surface area contributed by atoms with Crippen LogP contribution in [0, 0.1) is 0 Å². The molecule has 3 aromatic carbocycles. The Bertz CT molecular complexity index is 1120. The van der Waals surface area contributed by atoms with E-state index in [1.165, 1.54) is 0 Å². The van der Waals surface area contributed by atoms with Gasteiger partial charge < -0.3 is 18.9 Å². The second kappa shape index (κ2) is 8.51. The van der Waals surface area contributed by atoms with Gasteiger partial charge in [0.25, 0.3) is 0 Å². The van der Waals surface area contributed by atoms with E-state index in [1.807, 2.05) is 30.3 Å². The van der Waals surface area contributed by atoms with E-state index in [4.69, 9.17) is 30.5 Å². The SMILES string of the molecule is COc1ccc(C=C2Oc3cc(OCc4ccc(Cl)cc4)ccc3C2=O)c(OC)c1. The fourth-order valence-corrected chi connectivity index (χ4v) is 3.21. The predicted molar refractivity (Wildman–Crippen MR) is 115 cm³/mol. The highest BCUT2D eigenvalue weighted by atomic mass is 35.5. The molecule has 0 saturated heterocycles. The first-order valence-corrected chi connectivity index (χ1v) is 9.63. The molecule has 152 valence electrons. The number of ketones is 1. The van der Waals surface area contributed by atoms with Gasteiger partial charge in [0.15, 0.2) is 5.76 Å². The predicted octanol–water partition coefficient (Wildman–Crippen LogP) is 5.55.